The molecular weight excluding hydrogens is 322 g/mol. The van der Waals surface area contributed by atoms with Crippen LogP contribution < -0.4 is 4.72 Å². The molecule has 9 heteroatoms. The number of hydrogen-bond donors (Lipinski definition) is 1. The fourth-order valence-corrected chi connectivity index (χ4v) is 3.60. The maximum atomic E-state index is 12.0. The van der Waals surface area contributed by atoms with Gasteiger partial charge in [-0.25, -0.2) is 17.8 Å². The molecule has 0 aliphatic heterocycles. The lowest BCUT2D eigenvalue weighted by atomic mass is 10.3. The zero-order valence-corrected chi connectivity index (χ0v) is 13.1. The molecular formula is C9H18BrN5O2S. The fraction of sp³-hybridized carbons (Fsp3) is 0.778. The lowest BCUT2D eigenvalue weighted by Crippen LogP contribution is -2.27. The van der Waals surface area contributed by atoms with Crippen LogP contribution in [-0.2, 0) is 17.1 Å². The van der Waals surface area contributed by atoms with Crippen molar-refractivity contribution in [3.63, 3.8) is 0 Å². The Labute approximate surface area is 116 Å². The number of nitrogens with zero attached hydrogens (tertiary/aromatic N) is 4. The van der Waals surface area contributed by atoms with E-state index in [1.54, 1.807) is 7.05 Å². The van der Waals surface area contributed by atoms with Gasteiger partial charge >= 0.3 is 0 Å². The minimum Gasteiger partial charge on any atom is -0.309 e. The minimum absolute atomic E-state index is 0.0510. The van der Waals surface area contributed by atoms with Crippen LogP contribution in [-0.4, -0.2) is 55.5 Å². The molecule has 0 spiro atoms. The predicted octanol–water partition coefficient (Wildman–Crippen LogP) is 0.198. The largest absolute Gasteiger partial charge is 0.309 e. The summed E-state index contributed by atoms with van der Waals surface area (Å²) in [7, 11) is 1.97. The van der Waals surface area contributed by atoms with Crippen molar-refractivity contribution in [2.45, 2.75) is 17.9 Å². The topological polar surface area (TPSA) is 80.1 Å². The second-order valence-electron chi connectivity index (χ2n) is 4.22. The van der Waals surface area contributed by atoms with Gasteiger partial charge in [-0.15, -0.1) is 5.10 Å². The summed E-state index contributed by atoms with van der Waals surface area (Å²) in [5.74, 6) is 0. The molecule has 104 valence electrons. The second-order valence-corrected chi connectivity index (χ2v) is 6.65. The molecule has 0 atom stereocenters. The summed E-state index contributed by atoms with van der Waals surface area (Å²) >= 11 is 3.07. The van der Waals surface area contributed by atoms with E-state index in [-0.39, 0.29) is 9.63 Å². The Morgan fingerprint density at radius 1 is 1.39 bits per heavy atom. The Hall–Kier alpha value is -0.510. The van der Waals surface area contributed by atoms with Gasteiger partial charge in [0.2, 0.25) is 5.03 Å². The SMILES string of the molecule is CN(C)CCCCNS(=O)(=O)c1c(Br)nnn1C. The second kappa shape index (κ2) is 6.60. The van der Waals surface area contributed by atoms with E-state index in [9.17, 15) is 8.42 Å². The zero-order valence-electron chi connectivity index (χ0n) is 10.7. The average Bonchev–Trinajstić information content (AvgIpc) is 2.57. The molecule has 0 fully saturated rings. The van der Waals surface area contributed by atoms with Gasteiger partial charge < -0.3 is 4.90 Å². The van der Waals surface area contributed by atoms with Crippen LogP contribution in [0.15, 0.2) is 9.63 Å². The molecule has 0 aliphatic carbocycles. The van der Waals surface area contributed by atoms with Crippen LogP contribution in [0.25, 0.3) is 0 Å². The number of sulfonamides is 1. The Morgan fingerprint density at radius 2 is 2.06 bits per heavy atom. The van der Waals surface area contributed by atoms with Crippen LogP contribution in [0.2, 0.25) is 0 Å². The van der Waals surface area contributed by atoms with Gasteiger partial charge in [0, 0.05) is 13.6 Å². The summed E-state index contributed by atoms with van der Waals surface area (Å²) in [6.07, 6.45) is 1.74. The number of unbranched alkanes of at least 4 members (excludes halogenated alkanes) is 1. The molecule has 0 bridgehead atoms. The minimum atomic E-state index is -3.55. The van der Waals surface area contributed by atoms with Crippen molar-refractivity contribution in [3.05, 3.63) is 4.60 Å². The van der Waals surface area contributed by atoms with E-state index in [0.29, 0.717) is 6.54 Å². The van der Waals surface area contributed by atoms with Crippen LogP contribution in [0.1, 0.15) is 12.8 Å². The van der Waals surface area contributed by atoms with Gasteiger partial charge in [0.15, 0.2) is 4.60 Å². The molecule has 0 saturated heterocycles. The van der Waals surface area contributed by atoms with Crippen LogP contribution in [0.4, 0.5) is 0 Å². The van der Waals surface area contributed by atoms with Gasteiger partial charge in [0.05, 0.1) is 0 Å². The van der Waals surface area contributed by atoms with Crippen LogP contribution in [0.5, 0.6) is 0 Å². The number of rotatable bonds is 7. The molecule has 18 heavy (non-hydrogen) atoms. The van der Waals surface area contributed by atoms with Crippen LogP contribution in [0, 0.1) is 0 Å². The average molecular weight is 340 g/mol. The molecule has 0 aromatic carbocycles. The van der Waals surface area contributed by atoms with Crippen molar-refractivity contribution in [1.82, 2.24) is 24.6 Å². The normalized spacial score (nSPS) is 12.3. The summed E-state index contributed by atoms with van der Waals surface area (Å²) in [4.78, 5) is 2.07. The molecule has 1 aromatic heterocycles. The van der Waals surface area contributed by atoms with Gasteiger partial charge in [-0.05, 0) is 49.4 Å². The molecule has 0 amide bonds. The van der Waals surface area contributed by atoms with Crippen molar-refractivity contribution in [1.29, 1.82) is 0 Å². The van der Waals surface area contributed by atoms with Crippen LogP contribution >= 0.6 is 15.9 Å². The molecule has 0 aliphatic rings. The third-order valence-electron chi connectivity index (χ3n) is 2.32. The quantitative estimate of drug-likeness (QED) is 0.717. The summed E-state index contributed by atoms with van der Waals surface area (Å²) in [5.41, 5.74) is 0. The number of aryl methyl sites for hydroxylation is 1. The van der Waals surface area contributed by atoms with E-state index in [1.807, 2.05) is 14.1 Å². The lowest BCUT2D eigenvalue weighted by molar-refractivity contribution is 0.394. The maximum absolute atomic E-state index is 12.0. The predicted molar refractivity (Wildman–Crippen MR) is 71.7 cm³/mol. The number of halogens is 1. The third kappa shape index (κ3) is 4.30. The molecule has 1 heterocycles. The molecule has 0 unspecified atom stereocenters. The molecule has 1 rings (SSSR count). The highest BCUT2D eigenvalue weighted by molar-refractivity contribution is 9.10. The summed E-state index contributed by atoms with van der Waals surface area (Å²) in [6.45, 7) is 1.35. The van der Waals surface area contributed by atoms with Gasteiger partial charge in [0.25, 0.3) is 10.0 Å². The van der Waals surface area contributed by atoms with E-state index >= 15 is 0 Å². The standard InChI is InChI=1S/C9H18BrN5O2S/c1-14(2)7-5-4-6-11-18(16,17)9-8(10)12-13-15(9)3/h11H,4-7H2,1-3H3. The van der Waals surface area contributed by atoms with E-state index in [0.717, 1.165) is 19.4 Å². The fourth-order valence-electron chi connectivity index (χ4n) is 1.44. The van der Waals surface area contributed by atoms with Crippen LogP contribution in [0.3, 0.4) is 0 Å². The van der Waals surface area contributed by atoms with Gasteiger partial charge in [-0.2, -0.15) is 0 Å². The van der Waals surface area contributed by atoms with E-state index < -0.39 is 10.0 Å². The van der Waals surface area contributed by atoms with Crippen molar-refractivity contribution in [3.8, 4) is 0 Å². The molecule has 1 aromatic rings. The molecule has 0 saturated carbocycles. The summed E-state index contributed by atoms with van der Waals surface area (Å²) in [5, 5.41) is 7.35. The molecule has 1 N–H and O–H groups in total. The van der Waals surface area contributed by atoms with Crippen molar-refractivity contribution in [2.75, 3.05) is 27.2 Å². The summed E-state index contributed by atoms with van der Waals surface area (Å²) < 4.78 is 28.0. The Bertz CT molecular complexity index is 466. The zero-order chi connectivity index (χ0) is 13.8. The van der Waals surface area contributed by atoms with Crippen molar-refractivity contribution < 1.29 is 8.42 Å². The number of aromatic nitrogens is 3. The van der Waals surface area contributed by atoms with Crippen molar-refractivity contribution >= 4 is 26.0 Å². The maximum Gasteiger partial charge on any atom is 0.260 e. The highest BCUT2D eigenvalue weighted by atomic mass is 79.9. The Balaban J connectivity index is 2.51. The smallest absolute Gasteiger partial charge is 0.260 e. The first-order valence-corrected chi connectivity index (χ1v) is 7.82. The first-order chi connectivity index (χ1) is 8.34. The van der Waals surface area contributed by atoms with Crippen molar-refractivity contribution in [2.24, 2.45) is 7.05 Å². The van der Waals surface area contributed by atoms with E-state index in [1.165, 1.54) is 4.68 Å². The van der Waals surface area contributed by atoms with Gasteiger partial charge in [0.1, 0.15) is 0 Å². The van der Waals surface area contributed by atoms with Gasteiger partial charge in [-0.1, -0.05) is 5.21 Å². The molecule has 0 radical (unpaired) electrons. The van der Waals surface area contributed by atoms with Gasteiger partial charge in [-0.3, -0.25) is 0 Å². The molecule has 7 nitrogen and oxygen atoms in total. The first kappa shape index (κ1) is 15.5. The number of hydrogen-bond acceptors (Lipinski definition) is 5. The van der Waals surface area contributed by atoms with E-state index in [2.05, 4.69) is 35.9 Å². The highest BCUT2D eigenvalue weighted by Gasteiger charge is 2.22. The lowest BCUT2D eigenvalue weighted by Gasteiger charge is -2.09. The summed E-state index contributed by atoms with van der Waals surface area (Å²) in [6, 6.07) is 0. The Kier molecular flexibility index (Phi) is 5.70. The number of nitrogens with one attached hydrogen (secondary N) is 1. The monoisotopic (exact) mass is 339 g/mol. The Morgan fingerprint density at radius 3 is 2.56 bits per heavy atom. The third-order valence-corrected chi connectivity index (χ3v) is 4.66. The van der Waals surface area contributed by atoms with E-state index in [4.69, 9.17) is 0 Å². The first-order valence-electron chi connectivity index (χ1n) is 5.54. The highest BCUT2D eigenvalue weighted by Crippen LogP contribution is 2.17.